The second kappa shape index (κ2) is 45.1. The second-order valence-corrected chi connectivity index (χ2v) is 23.8. The number of ketones is 1. The van der Waals surface area contributed by atoms with E-state index in [2.05, 4.69) is 31.0 Å². The number of aliphatic carboxylic acids is 1. The summed E-state index contributed by atoms with van der Waals surface area (Å²) in [4.78, 5) is 94.5. The van der Waals surface area contributed by atoms with Crippen LogP contribution in [-0.4, -0.2) is 150 Å². The van der Waals surface area contributed by atoms with E-state index >= 15 is 0 Å². The van der Waals surface area contributed by atoms with Crippen molar-refractivity contribution in [3.05, 3.63) is 164 Å². The average Bonchev–Trinajstić information content (AvgIpc) is 1.66. The molecule has 520 valence electrons. The van der Waals surface area contributed by atoms with Gasteiger partial charge >= 0.3 is 109 Å². The number of aromatic nitrogens is 4. The van der Waals surface area contributed by atoms with Crippen molar-refractivity contribution in [2.45, 2.75) is 95.9 Å². The molecule has 98 heavy (non-hydrogen) atoms. The van der Waals surface area contributed by atoms with Gasteiger partial charge in [-0.3, -0.25) is 47.7 Å². The van der Waals surface area contributed by atoms with Gasteiger partial charge in [0.2, 0.25) is 17.7 Å². The molecule has 34 heteroatoms. The topological polar surface area (TPSA) is 403 Å². The third-order valence-electron chi connectivity index (χ3n) is 15.1. The van der Waals surface area contributed by atoms with E-state index in [1.54, 1.807) is 78.9 Å². The zero-order valence-corrected chi connectivity index (χ0v) is 62.8. The first-order chi connectivity index (χ1) is 45.8. The van der Waals surface area contributed by atoms with E-state index in [0.29, 0.717) is 64.0 Å². The molecule has 3 fully saturated rings. The maximum absolute atomic E-state index is 14.1. The van der Waals surface area contributed by atoms with Crippen LogP contribution in [0.5, 0.6) is 0 Å². The van der Waals surface area contributed by atoms with E-state index in [9.17, 15) is 51.8 Å². The SMILES string of the molecule is NC(=O)c1nn(CC(=O)N(CC(=O)NCc2cccc(Cl)c2F)CC2CC(O)C2)c2ccccc12.NC(=O)c1nn(CC(=O)O)c2ccccc12.NCC1CC(O)C1.O=C(CCl)CCc1cccc(Cl)c1F.O=C(CNCC1CC(O)C1)NCc1cccc(Cl)c1F.O=CO[O-].[H-].[K+].[K+]. The Morgan fingerprint density at radius 1 is 0.643 bits per heavy atom. The third-order valence-corrected chi connectivity index (χ3v) is 16.3. The molecule has 0 atom stereocenters. The van der Waals surface area contributed by atoms with Crippen molar-refractivity contribution in [1.82, 2.24) is 40.4 Å². The van der Waals surface area contributed by atoms with Gasteiger partial charge in [0.15, 0.2) is 11.4 Å². The van der Waals surface area contributed by atoms with Crippen molar-refractivity contribution < 1.29 is 186 Å². The number of carbonyl (C=O) groups excluding carboxylic acids is 7. The zero-order valence-electron chi connectivity index (χ0n) is 54.6. The number of primary amides is 2. The summed E-state index contributed by atoms with van der Waals surface area (Å²) in [5.41, 5.74) is 18.2. The quantitative estimate of drug-likeness (QED) is 0.0114. The number of carboxylic acid groups (broad SMARTS) is 1. The van der Waals surface area contributed by atoms with Crippen LogP contribution < -0.4 is 141 Å². The molecule has 0 radical (unpaired) electrons. The molecule has 0 saturated heterocycles. The number of hydrogen-bond donors (Lipinski definition) is 10. The zero-order chi connectivity index (χ0) is 70.6. The number of aliphatic hydroxyl groups excluding tert-OH is 3. The Labute approximate surface area is 668 Å². The molecule has 25 nitrogen and oxygen atoms in total. The molecule has 7 aromatic rings. The summed E-state index contributed by atoms with van der Waals surface area (Å²) in [6.07, 6.45) is 4.49. The number of rotatable bonds is 24. The fraction of sp³-hybridized carbons (Fsp3) is 0.375. The minimum Gasteiger partial charge on any atom is -1.00 e. The number of nitrogens with zero attached hydrogens (tertiary/aromatic N) is 5. The Morgan fingerprint density at radius 2 is 1.06 bits per heavy atom. The van der Waals surface area contributed by atoms with Crippen LogP contribution in [0, 0.1) is 35.2 Å². The Bertz CT molecular complexity index is 3800. The van der Waals surface area contributed by atoms with Crippen LogP contribution in [-0.2, 0) is 66.3 Å². The summed E-state index contributed by atoms with van der Waals surface area (Å²) in [5.74, 6) is -3.99. The van der Waals surface area contributed by atoms with Crippen molar-refractivity contribution in [2.75, 3.05) is 38.6 Å². The van der Waals surface area contributed by atoms with Crippen molar-refractivity contribution in [2.24, 2.45) is 35.0 Å². The number of nitrogens with two attached hydrogens (primary N) is 3. The first-order valence-electron chi connectivity index (χ1n) is 29.8. The van der Waals surface area contributed by atoms with Gasteiger partial charge in [-0.2, -0.15) is 10.2 Å². The van der Waals surface area contributed by atoms with Gasteiger partial charge in [0.05, 0.1) is 63.4 Å². The molecule has 3 aliphatic rings. The monoisotopic (exact) mass is 1500 g/mol. The maximum Gasteiger partial charge on any atom is 1.00 e. The normalized spacial score (nSPS) is 16.7. The molecule has 0 unspecified atom stereocenters. The number of para-hydroxylation sites is 2. The Morgan fingerprint density at radius 3 is 1.48 bits per heavy atom. The maximum atomic E-state index is 14.1. The number of nitrogens with one attached hydrogen (secondary N) is 3. The van der Waals surface area contributed by atoms with Crippen molar-refractivity contribution in [1.29, 1.82) is 0 Å². The van der Waals surface area contributed by atoms with E-state index in [0.717, 1.165) is 38.8 Å². The van der Waals surface area contributed by atoms with E-state index in [1.165, 1.54) is 38.5 Å². The van der Waals surface area contributed by atoms with Gasteiger partial charge in [0.1, 0.15) is 36.3 Å². The Hall–Kier alpha value is -5.02. The standard InChI is InChI=1S/C24H25ClFN5O4.C14H18ClFN2O2.C10H9Cl2FO.C10H9N3O3.C5H11NO.CH2O3.2K.H/c25-18-6-3-4-15(22(18)26)10-28-20(33)12-30(11-14-8-16(32)9-14)21(34)13-31-19-7-2-1-5-17(19)23(29-31)24(27)35;15-12-3-1-2-10(14(12)16)7-18-13(20)8-17-6-9-4-11(19)5-9;11-6-8(14)5-4-7-2-1-3-9(12)10(7)13;11-10(16)9-6-3-1-2-4-7(6)13(12-9)5-8(14)15;6-3-4-1-5(7)2-4;2-1-4-3;;;/h1-7,14,16,32H,8-13H2,(H2,27,35)(H,28,33);1-3,9,11,17,19H,4-8H2,(H,18,20);1-3H,4-6H2;1-4H,5H2,(H2,11,16)(H,14,15);4-5,7H,1-3,6H2;1,3H;;;/q;;;;;;2*+1;-1/p-1. The molecule has 3 aliphatic carbocycles. The van der Waals surface area contributed by atoms with E-state index in [1.807, 2.05) is 0 Å². The first-order valence-corrected chi connectivity index (χ1v) is 31.5. The molecule has 0 bridgehead atoms. The molecule has 2 aromatic heterocycles. The molecule has 13 N–H and O–H groups in total. The molecule has 10 rings (SSSR count). The minimum absolute atomic E-state index is 0. The van der Waals surface area contributed by atoms with E-state index in [-0.39, 0.29) is 237 Å². The van der Waals surface area contributed by atoms with Crippen LogP contribution >= 0.6 is 46.4 Å². The number of aryl methyl sites for hydroxylation is 1. The smallest absolute Gasteiger partial charge is 1.00 e. The summed E-state index contributed by atoms with van der Waals surface area (Å²) >= 11 is 22.3. The molecular weight excluding hydrogens is 1420 g/mol. The van der Waals surface area contributed by atoms with Gasteiger partial charge in [-0.25, -0.2) is 13.2 Å². The molecule has 3 saturated carbocycles. The number of carbonyl (C=O) groups is 8. The number of halogens is 7. The van der Waals surface area contributed by atoms with Crippen molar-refractivity contribution in [3.8, 4) is 0 Å². The van der Waals surface area contributed by atoms with Crippen LogP contribution in [0.1, 0.15) is 84.0 Å². The van der Waals surface area contributed by atoms with Gasteiger partial charge < -0.3 is 70.0 Å². The summed E-state index contributed by atoms with van der Waals surface area (Å²) < 4.78 is 43.6. The molecule has 0 spiro atoms. The fourth-order valence-corrected chi connectivity index (χ4v) is 10.6. The number of aliphatic hydroxyl groups is 3. The number of alkyl halides is 1. The van der Waals surface area contributed by atoms with Crippen molar-refractivity contribution in [3.63, 3.8) is 0 Å². The number of hydrogen-bond acceptors (Lipinski definition) is 17. The van der Waals surface area contributed by atoms with Gasteiger partial charge in [0, 0.05) is 48.0 Å². The first kappa shape index (κ1) is 87.2. The largest absolute Gasteiger partial charge is 1.00 e. The fourth-order valence-electron chi connectivity index (χ4n) is 9.91. The Balaban J connectivity index is 0.000000446. The number of fused-ring (bicyclic) bond motifs is 2. The second-order valence-electron chi connectivity index (χ2n) is 22.3. The number of Topliss-reactive ketones (excluding diaryl/α,β-unsaturated/α-hetero) is 1. The predicted molar refractivity (Wildman–Crippen MR) is 349 cm³/mol. The van der Waals surface area contributed by atoms with Gasteiger partial charge in [-0.05, 0) is 112 Å². The summed E-state index contributed by atoms with van der Waals surface area (Å²) in [7, 11) is 0. The van der Waals surface area contributed by atoms with Crippen molar-refractivity contribution >= 4 is 116 Å². The minimum atomic E-state index is -1.02. The van der Waals surface area contributed by atoms with Crippen LogP contribution in [0.4, 0.5) is 13.2 Å². The molecular formula is C64H74Cl4F3K2N11O14. The molecule has 2 heterocycles. The van der Waals surface area contributed by atoms with E-state index in [4.69, 9.17) is 89.0 Å². The summed E-state index contributed by atoms with van der Waals surface area (Å²) in [6, 6.07) is 27.7. The predicted octanol–water partition coefficient (Wildman–Crippen LogP) is -0.990. The van der Waals surface area contributed by atoms with Gasteiger partial charge in [0.25, 0.3) is 18.3 Å². The third kappa shape index (κ3) is 28.4. The molecule has 0 aliphatic heterocycles. The summed E-state index contributed by atoms with van der Waals surface area (Å²) in [5, 5.41) is 62.2. The summed E-state index contributed by atoms with van der Waals surface area (Å²) in [6.45, 7) is 1.03. The van der Waals surface area contributed by atoms with Crippen LogP contribution in [0.2, 0.25) is 15.1 Å². The van der Waals surface area contributed by atoms with Crippen LogP contribution in [0.3, 0.4) is 0 Å². The van der Waals surface area contributed by atoms with Gasteiger partial charge in [-0.1, -0.05) is 108 Å². The average molecular weight is 1500 g/mol. The molecule has 5 amide bonds. The number of carboxylic acids is 1. The Kier molecular flexibility index (Phi) is 40.1. The van der Waals surface area contributed by atoms with Crippen LogP contribution in [0.15, 0.2) is 103 Å². The van der Waals surface area contributed by atoms with Gasteiger partial charge in [-0.15, -0.1) is 11.6 Å². The van der Waals surface area contributed by atoms with E-state index < -0.39 is 47.2 Å². The van der Waals surface area contributed by atoms with Crippen LogP contribution in [0.25, 0.3) is 21.8 Å². The number of amides is 5. The number of benzene rings is 5. The molecule has 5 aromatic carbocycles.